The highest BCUT2D eigenvalue weighted by Crippen LogP contribution is 1.90. The number of aromatic nitrogens is 3. The van der Waals surface area contributed by atoms with E-state index < -0.39 is 0 Å². The fourth-order valence-electron chi connectivity index (χ4n) is 0.938. The lowest BCUT2D eigenvalue weighted by atomic mass is 10.4. The minimum atomic E-state index is 0.179. The predicted molar refractivity (Wildman–Crippen MR) is 44.7 cm³/mol. The molecule has 0 spiro atoms. The number of hydrogen-bond acceptors (Lipinski definition) is 4. The maximum absolute atomic E-state index is 8.48. The Balaban J connectivity index is 2.20. The fraction of sp³-hybridized carbons (Fsp3) is 0.714. The number of nitrogens with one attached hydrogen (secondary N) is 1. The average molecular weight is 170 g/mol. The molecule has 5 nitrogen and oxygen atoms in total. The molecule has 0 amide bonds. The molecular weight excluding hydrogens is 156 g/mol. The summed E-state index contributed by atoms with van der Waals surface area (Å²) in [4.78, 5) is 0. The number of rotatable bonds is 5. The van der Waals surface area contributed by atoms with E-state index in [4.69, 9.17) is 5.11 Å². The van der Waals surface area contributed by atoms with Crippen LogP contribution in [0.1, 0.15) is 5.82 Å². The van der Waals surface area contributed by atoms with Gasteiger partial charge in [-0.3, -0.25) is 0 Å². The zero-order valence-corrected chi connectivity index (χ0v) is 7.19. The minimum Gasteiger partial charge on any atom is -0.395 e. The van der Waals surface area contributed by atoms with E-state index in [0.717, 1.165) is 18.8 Å². The molecule has 0 bridgehead atoms. The highest BCUT2D eigenvalue weighted by molar-refractivity contribution is 4.84. The third-order valence-electron chi connectivity index (χ3n) is 1.62. The van der Waals surface area contributed by atoms with Crippen LogP contribution in [0, 0.1) is 0 Å². The molecule has 0 aliphatic heterocycles. The van der Waals surface area contributed by atoms with Crippen LogP contribution in [-0.4, -0.2) is 39.6 Å². The first-order valence-corrected chi connectivity index (χ1v) is 3.99. The van der Waals surface area contributed by atoms with Gasteiger partial charge in [0.25, 0.3) is 0 Å². The van der Waals surface area contributed by atoms with Gasteiger partial charge in [-0.25, -0.2) is 0 Å². The SMILES string of the molecule is Cn1cnnc1CCNCCO. The monoisotopic (exact) mass is 170 g/mol. The summed E-state index contributed by atoms with van der Waals surface area (Å²) in [5.74, 6) is 0.959. The van der Waals surface area contributed by atoms with E-state index in [9.17, 15) is 0 Å². The number of nitrogens with zero attached hydrogens (tertiary/aromatic N) is 3. The third kappa shape index (κ3) is 2.60. The standard InChI is InChI=1S/C7H14N4O/c1-11-6-9-10-7(11)2-3-8-4-5-12/h6,8,12H,2-5H2,1H3. The molecule has 0 aliphatic carbocycles. The lowest BCUT2D eigenvalue weighted by Crippen LogP contribution is -2.21. The van der Waals surface area contributed by atoms with Crippen LogP contribution >= 0.6 is 0 Å². The fourth-order valence-corrected chi connectivity index (χ4v) is 0.938. The van der Waals surface area contributed by atoms with E-state index in [-0.39, 0.29) is 6.61 Å². The van der Waals surface area contributed by atoms with Gasteiger partial charge in [0.1, 0.15) is 12.2 Å². The molecule has 0 aliphatic rings. The molecule has 5 heteroatoms. The van der Waals surface area contributed by atoms with Crippen molar-refractivity contribution in [2.75, 3.05) is 19.7 Å². The molecule has 1 rings (SSSR count). The van der Waals surface area contributed by atoms with Crippen LogP contribution in [0.2, 0.25) is 0 Å². The third-order valence-corrected chi connectivity index (χ3v) is 1.62. The van der Waals surface area contributed by atoms with Gasteiger partial charge < -0.3 is 15.0 Å². The smallest absolute Gasteiger partial charge is 0.133 e. The second-order valence-electron chi connectivity index (χ2n) is 2.58. The highest BCUT2D eigenvalue weighted by atomic mass is 16.3. The van der Waals surface area contributed by atoms with Crippen LogP contribution in [-0.2, 0) is 13.5 Å². The van der Waals surface area contributed by atoms with Crippen LogP contribution in [0.25, 0.3) is 0 Å². The molecule has 0 atom stereocenters. The molecular formula is C7H14N4O. The molecule has 0 unspecified atom stereocenters. The van der Waals surface area contributed by atoms with Crippen LogP contribution in [0.3, 0.4) is 0 Å². The van der Waals surface area contributed by atoms with Crippen molar-refractivity contribution in [3.05, 3.63) is 12.2 Å². The van der Waals surface area contributed by atoms with E-state index in [0.29, 0.717) is 6.54 Å². The zero-order chi connectivity index (χ0) is 8.81. The number of hydrogen-bond donors (Lipinski definition) is 2. The van der Waals surface area contributed by atoms with Gasteiger partial charge in [-0.2, -0.15) is 0 Å². The Morgan fingerprint density at radius 1 is 1.58 bits per heavy atom. The van der Waals surface area contributed by atoms with Crippen molar-refractivity contribution >= 4 is 0 Å². The maximum Gasteiger partial charge on any atom is 0.133 e. The first-order valence-electron chi connectivity index (χ1n) is 3.99. The molecule has 68 valence electrons. The van der Waals surface area contributed by atoms with E-state index in [2.05, 4.69) is 15.5 Å². The topological polar surface area (TPSA) is 63.0 Å². The van der Waals surface area contributed by atoms with Crippen LogP contribution < -0.4 is 5.32 Å². The van der Waals surface area contributed by atoms with Crippen LogP contribution in [0.5, 0.6) is 0 Å². The van der Waals surface area contributed by atoms with Crippen molar-refractivity contribution in [2.45, 2.75) is 6.42 Å². The molecule has 2 N–H and O–H groups in total. The largest absolute Gasteiger partial charge is 0.395 e. The van der Waals surface area contributed by atoms with Gasteiger partial charge in [0, 0.05) is 26.6 Å². The Morgan fingerprint density at radius 3 is 3.00 bits per heavy atom. The normalized spacial score (nSPS) is 10.5. The zero-order valence-electron chi connectivity index (χ0n) is 7.19. The van der Waals surface area contributed by atoms with Gasteiger partial charge in [0.05, 0.1) is 6.61 Å². The number of aliphatic hydroxyl groups excluding tert-OH is 1. The molecule has 1 aromatic rings. The van der Waals surface area contributed by atoms with E-state index >= 15 is 0 Å². The number of aryl methyl sites for hydroxylation is 1. The van der Waals surface area contributed by atoms with Crippen molar-refractivity contribution in [1.29, 1.82) is 0 Å². The molecule has 0 saturated heterocycles. The van der Waals surface area contributed by atoms with Crippen molar-refractivity contribution in [2.24, 2.45) is 7.05 Å². The second kappa shape index (κ2) is 4.84. The van der Waals surface area contributed by atoms with Crippen molar-refractivity contribution in [3.8, 4) is 0 Å². The molecule has 1 aromatic heterocycles. The summed E-state index contributed by atoms with van der Waals surface area (Å²) in [5.41, 5.74) is 0. The lowest BCUT2D eigenvalue weighted by Gasteiger charge is -2.01. The molecule has 1 heterocycles. The molecule has 0 saturated carbocycles. The van der Waals surface area contributed by atoms with Gasteiger partial charge in [0.2, 0.25) is 0 Å². The first-order chi connectivity index (χ1) is 5.84. The lowest BCUT2D eigenvalue weighted by molar-refractivity contribution is 0.292. The second-order valence-corrected chi connectivity index (χ2v) is 2.58. The molecule has 0 aromatic carbocycles. The summed E-state index contributed by atoms with van der Waals surface area (Å²) >= 11 is 0. The van der Waals surface area contributed by atoms with Crippen LogP contribution in [0.4, 0.5) is 0 Å². The van der Waals surface area contributed by atoms with Crippen LogP contribution in [0.15, 0.2) is 6.33 Å². The van der Waals surface area contributed by atoms with Gasteiger partial charge in [0.15, 0.2) is 0 Å². The van der Waals surface area contributed by atoms with Gasteiger partial charge in [-0.05, 0) is 0 Å². The van der Waals surface area contributed by atoms with Gasteiger partial charge in [-0.1, -0.05) is 0 Å². The molecule has 0 fully saturated rings. The average Bonchev–Trinajstić information content (AvgIpc) is 2.46. The van der Waals surface area contributed by atoms with E-state index in [1.165, 1.54) is 0 Å². The molecule has 12 heavy (non-hydrogen) atoms. The predicted octanol–water partition coefficient (Wildman–Crippen LogP) is -1.06. The van der Waals surface area contributed by atoms with Gasteiger partial charge >= 0.3 is 0 Å². The van der Waals surface area contributed by atoms with E-state index in [1.807, 2.05) is 11.6 Å². The number of aliphatic hydroxyl groups is 1. The summed E-state index contributed by atoms with van der Waals surface area (Å²) in [6.07, 6.45) is 2.53. The summed E-state index contributed by atoms with van der Waals surface area (Å²) in [6, 6.07) is 0. The minimum absolute atomic E-state index is 0.179. The Labute approximate surface area is 71.4 Å². The Morgan fingerprint density at radius 2 is 2.42 bits per heavy atom. The summed E-state index contributed by atoms with van der Waals surface area (Å²) in [6.45, 7) is 1.64. The van der Waals surface area contributed by atoms with Gasteiger partial charge in [-0.15, -0.1) is 10.2 Å². The Bertz CT molecular complexity index is 223. The Hall–Kier alpha value is -0.940. The quantitative estimate of drug-likeness (QED) is 0.553. The first kappa shape index (κ1) is 9.15. The highest BCUT2D eigenvalue weighted by Gasteiger charge is 1.98. The summed E-state index contributed by atoms with van der Waals surface area (Å²) < 4.78 is 1.89. The Kier molecular flexibility index (Phi) is 3.69. The summed E-state index contributed by atoms with van der Waals surface area (Å²) in [7, 11) is 1.92. The van der Waals surface area contributed by atoms with Crippen molar-refractivity contribution in [1.82, 2.24) is 20.1 Å². The summed E-state index contributed by atoms with van der Waals surface area (Å²) in [5, 5.41) is 19.2. The van der Waals surface area contributed by atoms with E-state index in [1.54, 1.807) is 6.33 Å². The maximum atomic E-state index is 8.48. The van der Waals surface area contributed by atoms with Crippen molar-refractivity contribution in [3.63, 3.8) is 0 Å². The molecule has 0 radical (unpaired) electrons. The van der Waals surface area contributed by atoms with Crippen molar-refractivity contribution < 1.29 is 5.11 Å².